The third-order valence-electron chi connectivity index (χ3n) is 5.84. The van der Waals surface area contributed by atoms with Gasteiger partial charge >= 0.3 is 5.69 Å². The lowest BCUT2D eigenvalue weighted by atomic mass is 9.89. The van der Waals surface area contributed by atoms with Crippen LogP contribution in [0.3, 0.4) is 0 Å². The van der Waals surface area contributed by atoms with Gasteiger partial charge in [0, 0.05) is 38.5 Å². The summed E-state index contributed by atoms with van der Waals surface area (Å²) >= 11 is 1.24. The molecule has 3 aromatic rings. The standard InChI is InChI=1S/C21H24FN5O3S/c1-12-16(5-4-14(24-12)18(28)23-2)27-8-6-21(22,7-9-27)11-13-10-15-17(31-13)19(29)26(3)20(30)25-15/h4-5,10H,6-9,11H2,1-3H3,(H,23,28)(H,25,30). The van der Waals surface area contributed by atoms with Gasteiger partial charge in [0.05, 0.1) is 16.9 Å². The maximum atomic E-state index is 15.6. The highest BCUT2D eigenvalue weighted by molar-refractivity contribution is 7.18. The predicted molar refractivity (Wildman–Crippen MR) is 119 cm³/mol. The van der Waals surface area contributed by atoms with E-state index in [1.807, 2.05) is 13.0 Å². The molecule has 0 bridgehead atoms. The number of aryl methyl sites for hydroxylation is 1. The second-order valence-corrected chi connectivity index (χ2v) is 9.08. The van der Waals surface area contributed by atoms with Gasteiger partial charge in [-0.1, -0.05) is 0 Å². The lowest BCUT2D eigenvalue weighted by molar-refractivity contribution is 0.0958. The molecule has 1 saturated heterocycles. The first-order valence-corrected chi connectivity index (χ1v) is 10.9. The van der Waals surface area contributed by atoms with Crippen LogP contribution < -0.4 is 21.5 Å². The average molecular weight is 446 g/mol. The van der Waals surface area contributed by atoms with Crippen LogP contribution in [-0.4, -0.2) is 46.2 Å². The summed E-state index contributed by atoms with van der Waals surface area (Å²) in [6.07, 6.45) is 0.886. The largest absolute Gasteiger partial charge is 0.370 e. The van der Waals surface area contributed by atoms with E-state index in [1.165, 1.54) is 18.4 Å². The van der Waals surface area contributed by atoms with Crippen molar-refractivity contribution in [1.29, 1.82) is 0 Å². The number of fused-ring (bicyclic) bond motifs is 1. The Morgan fingerprint density at radius 3 is 2.68 bits per heavy atom. The fraction of sp³-hybridized carbons (Fsp3) is 0.429. The number of carbonyl (C=O) groups is 1. The number of hydrogen-bond acceptors (Lipinski definition) is 6. The molecule has 2 N–H and O–H groups in total. The number of H-pyrrole nitrogens is 1. The zero-order valence-corrected chi connectivity index (χ0v) is 18.4. The Hall–Kier alpha value is -3.01. The van der Waals surface area contributed by atoms with Gasteiger partial charge in [-0.05, 0) is 38.0 Å². The molecule has 8 nitrogen and oxygen atoms in total. The number of nitrogens with zero attached hydrogens (tertiary/aromatic N) is 3. The average Bonchev–Trinajstić information content (AvgIpc) is 3.14. The second kappa shape index (κ2) is 7.92. The van der Waals surface area contributed by atoms with E-state index in [9.17, 15) is 14.4 Å². The summed E-state index contributed by atoms with van der Waals surface area (Å²) in [6, 6.07) is 5.25. The Morgan fingerprint density at radius 2 is 2.03 bits per heavy atom. The number of hydrogen-bond donors (Lipinski definition) is 2. The first-order valence-electron chi connectivity index (χ1n) is 10.1. The molecule has 1 amide bonds. The number of halogens is 1. The Balaban J connectivity index is 1.48. The van der Waals surface area contributed by atoms with Crippen LogP contribution in [0.15, 0.2) is 27.8 Å². The normalized spacial score (nSPS) is 15.9. The number of amides is 1. The molecule has 0 atom stereocenters. The monoisotopic (exact) mass is 445 g/mol. The number of nitrogens with one attached hydrogen (secondary N) is 2. The smallest absolute Gasteiger partial charge is 0.328 e. The van der Waals surface area contributed by atoms with E-state index in [2.05, 4.69) is 20.2 Å². The summed E-state index contributed by atoms with van der Waals surface area (Å²) in [7, 11) is 2.98. The molecule has 164 valence electrons. The van der Waals surface area contributed by atoms with Gasteiger partial charge in [-0.25, -0.2) is 14.2 Å². The minimum atomic E-state index is -1.38. The van der Waals surface area contributed by atoms with E-state index in [0.29, 0.717) is 41.8 Å². The molecule has 10 heteroatoms. The zero-order chi connectivity index (χ0) is 22.3. The van der Waals surface area contributed by atoms with Crippen molar-refractivity contribution in [1.82, 2.24) is 19.9 Å². The fourth-order valence-corrected chi connectivity index (χ4v) is 5.22. The minimum Gasteiger partial charge on any atom is -0.370 e. The third-order valence-corrected chi connectivity index (χ3v) is 6.96. The van der Waals surface area contributed by atoms with Crippen LogP contribution in [0.25, 0.3) is 10.2 Å². The van der Waals surface area contributed by atoms with Gasteiger partial charge in [0.1, 0.15) is 16.1 Å². The van der Waals surface area contributed by atoms with E-state index < -0.39 is 11.4 Å². The topological polar surface area (TPSA) is 100 Å². The SMILES string of the molecule is CNC(=O)c1ccc(N2CCC(F)(Cc3cc4[nH]c(=O)n(C)c(=O)c4s3)CC2)c(C)n1. The van der Waals surface area contributed by atoms with Crippen molar-refractivity contribution in [3.05, 3.63) is 55.3 Å². The molecule has 0 aliphatic carbocycles. The van der Waals surface area contributed by atoms with Crippen LogP contribution in [-0.2, 0) is 13.5 Å². The highest BCUT2D eigenvalue weighted by Crippen LogP contribution is 2.35. The molecule has 1 fully saturated rings. The molecular formula is C21H24FN5O3S. The number of aromatic amines is 1. The molecule has 0 spiro atoms. The summed E-state index contributed by atoms with van der Waals surface area (Å²) in [5, 5.41) is 2.56. The lowest BCUT2D eigenvalue weighted by Gasteiger charge is -2.38. The number of thiophene rings is 1. The molecule has 1 aliphatic rings. The summed E-state index contributed by atoms with van der Waals surface area (Å²) < 4.78 is 17.1. The van der Waals surface area contributed by atoms with E-state index in [-0.39, 0.29) is 17.9 Å². The third kappa shape index (κ3) is 3.99. The van der Waals surface area contributed by atoms with Gasteiger partial charge in [0.25, 0.3) is 11.5 Å². The maximum absolute atomic E-state index is 15.6. The predicted octanol–water partition coefficient (Wildman–Crippen LogP) is 1.90. The number of rotatable bonds is 4. The summed E-state index contributed by atoms with van der Waals surface area (Å²) in [6.45, 7) is 2.90. The number of alkyl halides is 1. The van der Waals surface area contributed by atoms with Crippen LogP contribution in [0, 0.1) is 6.92 Å². The highest BCUT2D eigenvalue weighted by atomic mass is 32.1. The molecular weight excluding hydrogens is 421 g/mol. The summed E-state index contributed by atoms with van der Waals surface area (Å²) in [5.74, 6) is -0.240. The van der Waals surface area contributed by atoms with E-state index >= 15 is 4.39 Å². The van der Waals surface area contributed by atoms with Crippen molar-refractivity contribution in [2.24, 2.45) is 7.05 Å². The van der Waals surface area contributed by atoms with Gasteiger partial charge in [0.15, 0.2) is 0 Å². The molecule has 4 heterocycles. The van der Waals surface area contributed by atoms with Crippen LogP contribution in [0.1, 0.15) is 33.9 Å². The van der Waals surface area contributed by atoms with Crippen molar-refractivity contribution in [2.45, 2.75) is 31.9 Å². The lowest BCUT2D eigenvalue weighted by Crippen LogP contribution is -2.43. The Morgan fingerprint density at radius 1 is 1.32 bits per heavy atom. The van der Waals surface area contributed by atoms with E-state index in [4.69, 9.17) is 0 Å². The molecule has 3 aromatic heterocycles. The van der Waals surface area contributed by atoms with Gasteiger partial charge in [0.2, 0.25) is 0 Å². The molecule has 0 radical (unpaired) electrons. The van der Waals surface area contributed by atoms with Crippen molar-refractivity contribution in [3.63, 3.8) is 0 Å². The van der Waals surface area contributed by atoms with Gasteiger partial charge in [-0.3, -0.25) is 14.2 Å². The Labute approximate surface area is 181 Å². The van der Waals surface area contributed by atoms with Crippen molar-refractivity contribution < 1.29 is 9.18 Å². The molecule has 0 saturated carbocycles. The quantitative estimate of drug-likeness (QED) is 0.639. The molecule has 0 unspecified atom stereocenters. The first-order chi connectivity index (χ1) is 14.7. The fourth-order valence-electron chi connectivity index (χ4n) is 4.00. The minimum absolute atomic E-state index is 0.207. The van der Waals surface area contributed by atoms with Crippen molar-refractivity contribution in [3.8, 4) is 0 Å². The van der Waals surface area contributed by atoms with Crippen molar-refractivity contribution in [2.75, 3.05) is 25.0 Å². The first kappa shape index (κ1) is 21.2. The zero-order valence-electron chi connectivity index (χ0n) is 17.6. The highest BCUT2D eigenvalue weighted by Gasteiger charge is 2.36. The van der Waals surface area contributed by atoms with Crippen LogP contribution in [0.4, 0.5) is 10.1 Å². The van der Waals surface area contributed by atoms with Crippen LogP contribution >= 0.6 is 11.3 Å². The number of aromatic nitrogens is 3. The molecule has 0 aromatic carbocycles. The van der Waals surface area contributed by atoms with Crippen molar-refractivity contribution >= 4 is 33.1 Å². The Kier molecular flexibility index (Phi) is 5.42. The molecule has 1 aliphatic heterocycles. The summed E-state index contributed by atoms with van der Waals surface area (Å²) in [4.78, 5) is 45.7. The maximum Gasteiger partial charge on any atom is 0.328 e. The van der Waals surface area contributed by atoms with Gasteiger partial charge in [-0.15, -0.1) is 11.3 Å². The van der Waals surface area contributed by atoms with Gasteiger partial charge in [-0.2, -0.15) is 0 Å². The number of anilines is 1. The number of carbonyl (C=O) groups excluding carboxylic acids is 1. The van der Waals surface area contributed by atoms with E-state index in [0.717, 1.165) is 20.8 Å². The second-order valence-electron chi connectivity index (χ2n) is 7.94. The van der Waals surface area contributed by atoms with Crippen LogP contribution in [0.5, 0.6) is 0 Å². The molecule has 31 heavy (non-hydrogen) atoms. The Bertz CT molecular complexity index is 1270. The van der Waals surface area contributed by atoms with Crippen LogP contribution in [0.2, 0.25) is 0 Å². The van der Waals surface area contributed by atoms with E-state index in [1.54, 1.807) is 19.2 Å². The summed E-state index contributed by atoms with van der Waals surface area (Å²) in [5.41, 5.74) is 0.236. The number of piperidine rings is 1. The molecule has 4 rings (SSSR count). The number of pyridine rings is 1. The van der Waals surface area contributed by atoms with Gasteiger partial charge < -0.3 is 15.2 Å².